The molecule has 0 atom stereocenters. The van der Waals surface area contributed by atoms with Crippen molar-refractivity contribution in [2.75, 3.05) is 0 Å². The van der Waals surface area contributed by atoms with Crippen molar-refractivity contribution >= 4 is 27.5 Å². The minimum atomic E-state index is -1.13. The summed E-state index contributed by atoms with van der Waals surface area (Å²) >= 11 is 1.18. The fraction of sp³-hybridized carbons (Fsp3) is 0.222. The summed E-state index contributed by atoms with van der Waals surface area (Å²) in [6.07, 6.45) is 1.45. The molecule has 0 spiro atoms. The van der Waals surface area contributed by atoms with Gasteiger partial charge in [0.1, 0.15) is 10.7 Å². The quantitative estimate of drug-likeness (QED) is 0.760. The van der Waals surface area contributed by atoms with E-state index in [0.29, 0.717) is 22.6 Å². The zero-order chi connectivity index (χ0) is 18.0. The third-order valence-corrected chi connectivity index (χ3v) is 4.77. The molecule has 0 amide bonds. The number of carboxylic acids is 1. The van der Waals surface area contributed by atoms with Crippen molar-refractivity contribution in [1.82, 2.24) is 9.55 Å². The molecule has 1 N–H and O–H groups in total. The van der Waals surface area contributed by atoms with E-state index in [9.17, 15) is 14.7 Å². The normalized spacial score (nSPS) is 10.7. The van der Waals surface area contributed by atoms with E-state index in [4.69, 9.17) is 5.26 Å². The van der Waals surface area contributed by atoms with Crippen LogP contribution in [0.3, 0.4) is 0 Å². The zero-order valence-corrected chi connectivity index (χ0v) is 14.3. The van der Waals surface area contributed by atoms with Crippen LogP contribution >= 0.6 is 11.3 Å². The zero-order valence-electron chi connectivity index (χ0n) is 13.5. The lowest BCUT2D eigenvalue weighted by molar-refractivity contribution is 0.0699. The molecule has 3 rings (SSSR count). The number of carbonyl (C=O) groups is 1. The Morgan fingerprint density at radius 2 is 2.08 bits per heavy atom. The van der Waals surface area contributed by atoms with E-state index in [0.717, 1.165) is 12.0 Å². The predicted octanol–water partition coefficient (Wildman–Crippen LogP) is 3.03. The average Bonchev–Trinajstić information content (AvgIpc) is 3.03. The lowest BCUT2D eigenvalue weighted by Crippen LogP contribution is -2.26. The molecule has 0 aliphatic rings. The van der Waals surface area contributed by atoms with E-state index in [2.05, 4.69) is 11.1 Å². The standard InChI is InChI=1S/C18H15N3O3S/c1-2-3-14-20-16-15(13(10-25-16)18(23)24)17(22)21(14)9-12-6-4-11(8-19)5-7-12/h4-7,10H,2-3,9H2,1H3,(H,23,24). The fourth-order valence-corrected chi connectivity index (χ4v) is 3.59. The highest BCUT2D eigenvalue weighted by Crippen LogP contribution is 2.22. The Morgan fingerprint density at radius 1 is 1.36 bits per heavy atom. The molecule has 0 aliphatic heterocycles. The lowest BCUT2D eigenvalue weighted by atomic mass is 10.1. The number of hydrogen-bond acceptors (Lipinski definition) is 5. The molecule has 0 bridgehead atoms. The Labute approximate surface area is 147 Å². The molecule has 25 heavy (non-hydrogen) atoms. The number of nitrogens with zero attached hydrogens (tertiary/aromatic N) is 3. The van der Waals surface area contributed by atoms with Gasteiger partial charge in [0, 0.05) is 11.8 Å². The number of aromatic carboxylic acids is 1. The van der Waals surface area contributed by atoms with E-state index >= 15 is 0 Å². The van der Waals surface area contributed by atoms with Crippen LogP contribution in [0.25, 0.3) is 10.2 Å². The van der Waals surface area contributed by atoms with E-state index in [1.165, 1.54) is 21.3 Å². The molecule has 0 radical (unpaired) electrons. The van der Waals surface area contributed by atoms with Gasteiger partial charge >= 0.3 is 5.97 Å². The topological polar surface area (TPSA) is 96.0 Å². The first-order valence-corrected chi connectivity index (χ1v) is 8.66. The maximum atomic E-state index is 13.0. The maximum absolute atomic E-state index is 13.0. The van der Waals surface area contributed by atoms with Crippen LogP contribution in [-0.4, -0.2) is 20.6 Å². The van der Waals surface area contributed by atoms with Crippen molar-refractivity contribution in [2.45, 2.75) is 26.3 Å². The number of aryl methyl sites for hydroxylation is 1. The van der Waals surface area contributed by atoms with Gasteiger partial charge in [-0.15, -0.1) is 11.3 Å². The highest BCUT2D eigenvalue weighted by atomic mass is 32.1. The van der Waals surface area contributed by atoms with Crippen LogP contribution in [-0.2, 0) is 13.0 Å². The van der Waals surface area contributed by atoms with Crippen LogP contribution < -0.4 is 5.56 Å². The molecule has 6 nitrogen and oxygen atoms in total. The molecule has 0 aliphatic carbocycles. The highest BCUT2D eigenvalue weighted by molar-refractivity contribution is 7.17. The van der Waals surface area contributed by atoms with Crippen LogP contribution in [0.1, 0.15) is 40.7 Å². The van der Waals surface area contributed by atoms with Gasteiger partial charge in [-0.25, -0.2) is 9.78 Å². The fourth-order valence-electron chi connectivity index (χ4n) is 2.67. The molecule has 7 heteroatoms. The monoisotopic (exact) mass is 353 g/mol. The molecule has 3 aromatic rings. The van der Waals surface area contributed by atoms with Gasteiger partial charge in [0.2, 0.25) is 0 Å². The van der Waals surface area contributed by atoms with Crippen molar-refractivity contribution in [3.05, 3.63) is 62.5 Å². The number of fused-ring (bicyclic) bond motifs is 1. The second-order valence-electron chi connectivity index (χ2n) is 5.61. The smallest absolute Gasteiger partial charge is 0.337 e. The van der Waals surface area contributed by atoms with Gasteiger partial charge < -0.3 is 5.11 Å². The van der Waals surface area contributed by atoms with Gasteiger partial charge in [-0.3, -0.25) is 9.36 Å². The average molecular weight is 353 g/mol. The van der Waals surface area contributed by atoms with Gasteiger partial charge in [-0.2, -0.15) is 5.26 Å². The first-order chi connectivity index (χ1) is 12.0. The number of nitriles is 1. The molecule has 0 fully saturated rings. The highest BCUT2D eigenvalue weighted by Gasteiger charge is 2.19. The van der Waals surface area contributed by atoms with Crippen LogP contribution in [0.5, 0.6) is 0 Å². The first kappa shape index (κ1) is 16.9. The second kappa shape index (κ2) is 6.87. The molecule has 0 saturated heterocycles. The van der Waals surface area contributed by atoms with E-state index < -0.39 is 5.97 Å². The number of hydrogen-bond donors (Lipinski definition) is 1. The molecule has 2 aromatic heterocycles. The molecule has 126 valence electrons. The molecule has 1 aromatic carbocycles. The first-order valence-electron chi connectivity index (χ1n) is 7.78. The maximum Gasteiger partial charge on any atom is 0.337 e. The Bertz CT molecular complexity index is 1040. The van der Waals surface area contributed by atoms with Gasteiger partial charge in [0.05, 0.1) is 29.1 Å². The Morgan fingerprint density at radius 3 is 2.68 bits per heavy atom. The number of carboxylic acid groups (broad SMARTS) is 1. The SMILES string of the molecule is CCCc1nc2scc(C(=O)O)c2c(=O)n1Cc1ccc(C#N)cc1. The van der Waals surface area contributed by atoms with Gasteiger partial charge in [-0.1, -0.05) is 19.1 Å². The summed E-state index contributed by atoms with van der Waals surface area (Å²) in [7, 11) is 0. The largest absolute Gasteiger partial charge is 0.478 e. The molecule has 0 saturated carbocycles. The molecular weight excluding hydrogens is 338 g/mol. The number of benzene rings is 1. The minimum absolute atomic E-state index is 0.00544. The summed E-state index contributed by atoms with van der Waals surface area (Å²) in [6.45, 7) is 2.29. The van der Waals surface area contributed by atoms with Crippen molar-refractivity contribution < 1.29 is 9.90 Å². The molecule has 0 unspecified atom stereocenters. The third kappa shape index (κ3) is 3.16. The number of thiophene rings is 1. The van der Waals surface area contributed by atoms with Gasteiger partial charge in [0.15, 0.2) is 0 Å². The summed E-state index contributed by atoms with van der Waals surface area (Å²) in [5.74, 6) is -0.485. The summed E-state index contributed by atoms with van der Waals surface area (Å²) in [5, 5.41) is 19.8. The summed E-state index contributed by atoms with van der Waals surface area (Å²) in [4.78, 5) is 29.3. The molecule has 2 heterocycles. The van der Waals surface area contributed by atoms with Gasteiger partial charge in [-0.05, 0) is 24.1 Å². The van der Waals surface area contributed by atoms with E-state index in [1.807, 2.05) is 6.92 Å². The second-order valence-corrected chi connectivity index (χ2v) is 6.47. The van der Waals surface area contributed by atoms with Crippen LogP contribution in [0.15, 0.2) is 34.4 Å². The third-order valence-electron chi connectivity index (χ3n) is 3.90. The Balaban J connectivity index is 2.16. The van der Waals surface area contributed by atoms with Crippen molar-refractivity contribution in [3.63, 3.8) is 0 Å². The Kier molecular flexibility index (Phi) is 4.63. The van der Waals surface area contributed by atoms with Gasteiger partial charge in [0.25, 0.3) is 5.56 Å². The minimum Gasteiger partial charge on any atom is -0.478 e. The van der Waals surface area contributed by atoms with Crippen molar-refractivity contribution in [2.24, 2.45) is 0 Å². The summed E-state index contributed by atoms with van der Waals surface area (Å²) in [5.41, 5.74) is 1.06. The van der Waals surface area contributed by atoms with Crippen molar-refractivity contribution in [3.8, 4) is 6.07 Å². The van der Waals surface area contributed by atoms with Crippen LogP contribution in [0.4, 0.5) is 0 Å². The van der Waals surface area contributed by atoms with Crippen molar-refractivity contribution in [1.29, 1.82) is 5.26 Å². The number of rotatable bonds is 5. The van der Waals surface area contributed by atoms with Crippen LogP contribution in [0, 0.1) is 11.3 Å². The van der Waals surface area contributed by atoms with Crippen LogP contribution in [0.2, 0.25) is 0 Å². The summed E-state index contributed by atoms with van der Waals surface area (Å²) < 4.78 is 1.53. The Hall–Kier alpha value is -2.98. The molecular formula is C18H15N3O3S. The summed E-state index contributed by atoms with van der Waals surface area (Å²) in [6, 6.07) is 9.02. The predicted molar refractivity (Wildman–Crippen MR) is 95.1 cm³/mol. The van der Waals surface area contributed by atoms with E-state index in [1.54, 1.807) is 24.3 Å². The number of aromatic nitrogens is 2. The van der Waals surface area contributed by atoms with E-state index in [-0.39, 0.29) is 23.1 Å². The lowest BCUT2D eigenvalue weighted by Gasteiger charge is -2.12.